The second kappa shape index (κ2) is 12.4. The lowest BCUT2D eigenvalue weighted by Gasteiger charge is -2.18. The quantitative estimate of drug-likeness (QED) is 0.358. The summed E-state index contributed by atoms with van der Waals surface area (Å²) in [5, 5.41) is 5.15. The zero-order valence-electron chi connectivity index (χ0n) is 16.7. The first-order valence-electron chi connectivity index (χ1n) is 9.06. The summed E-state index contributed by atoms with van der Waals surface area (Å²) in [5.41, 5.74) is 0.622. The summed E-state index contributed by atoms with van der Waals surface area (Å²) >= 11 is 0. The van der Waals surface area contributed by atoms with Crippen molar-refractivity contribution in [3.05, 3.63) is 47.8 Å². The molecule has 0 aliphatic carbocycles. The molecule has 0 heterocycles. The highest BCUT2D eigenvalue weighted by Gasteiger charge is 2.21. The number of hydrogen-bond acceptors (Lipinski definition) is 7. The van der Waals surface area contributed by atoms with Crippen molar-refractivity contribution in [2.45, 2.75) is 39.8 Å². The molecule has 0 aliphatic heterocycles. The largest absolute Gasteiger partial charge is 0.464 e. The number of amides is 1. The van der Waals surface area contributed by atoms with E-state index in [1.807, 2.05) is 44.2 Å². The Morgan fingerprint density at radius 1 is 1.11 bits per heavy atom. The average Bonchev–Trinajstić information content (AvgIpc) is 2.68. The van der Waals surface area contributed by atoms with Crippen molar-refractivity contribution in [1.29, 1.82) is 0 Å². The van der Waals surface area contributed by atoms with Gasteiger partial charge in [-0.1, -0.05) is 44.2 Å². The Kier molecular flexibility index (Phi) is 10.2. The van der Waals surface area contributed by atoms with E-state index in [1.165, 1.54) is 13.3 Å². The van der Waals surface area contributed by atoms with E-state index >= 15 is 0 Å². The molecule has 0 unspecified atom stereocenters. The Morgan fingerprint density at radius 2 is 1.79 bits per heavy atom. The third-order valence-electron chi connectivity index (χ3n) is 3.56. The first-order chi connectivity index (χ1) is 13.4. The molecule has 154 valence electrons. The van der Waals surface area contributed by atoms with E-state index < -0.39 is 24.1 Å². The highest BCUT2D eigenvalue weighted by atomic mass is 16.6. The van der Waals surface area contributed by atoms with Gasteiger partial charge in [0.15, 0.2) is 0 Å². The van der Waals surface area contributed by atoms with E-state index in [-0.39, 0.29) is 24.8 Å². The van der Waals surface area contributed by atoms with Gasteiger partial charge in [0.2, 0.25) is 0 Å². The molecule has 1 aromatic carbocycles. The molecule has 1 atom stereocenters. The van der Waals surface area contributed by atoms with Gasteiger partial charge in [0.05, 0.1) is 13.7 Å². The Balaban J connectivity index is 2.77. The fraction of sp³-hybridized carbons (Fsp3) is 0.450. The lowest BCUT2D eigenvalue weighted by atomic mass is 10.0. The molecule has 0 saturated heterocycles. The average molecular weight is 392 g/mol. The minimum atomic E-state index is -0.821. The number of esters is 2. The lowest BCUT2D eigenvalue weighted by Crippen LogP contribution is -2.38. The van der Waals surface area contributed by atoms with Crippen molar-refractivity contribution in [2.24, 2.45) is 5.92 Å². The van der Waals surface area contributed by atoms with Gasteiger partial charge in [-0.15, -0.1) is 0 Å². The minimum Gasteiger partial charge on any atom is -0.464 e. The van der Waals surface area contributed by atoms with E-state index in [1.54, 1.807) is 6.92 Å². The molecule has 0 aromatic heterocycles. The van der Waals surface area contributed by atoms with Crippen LogP contribution in [0.25, 0.3) is 0 Å². The Bertz CT molecular complexity index is 673. The number of ether oxygens (including phenoxy) is 3. The summed E-state index contributed by atoms with van der Waals surface area (Å²) in [7, 11) is 1.18. The van der Waals surface area contributed by atoms with Crippen molar-refractivity contribution in [3.63, 3.8) is 0 Å². The van der Waals surface area contributed by atoms with E-state index in [0.29, 0.717) is 6.42 Å². The molecule has 0 aliphatic rings. The second-order valence-corrected chi connectivity index (χ2v) is 6.34. The summed E-state index contributed by atoms with van der Waals surface area (Å²) in [4.78, 5) is 36.0. The topological polar surface area (TPSA) is 103 Å². The molecular formula is C20H28N2O6. The molecule has 1 amide bonds. The predicted octanol–water partition coefficient (Wildman–Crippen LogP) is 2.49. The first-order valence-corrected chi connectivity index (χ1v) is 9.06. The summed E-state index contributed by atoms with van der Waals surface area (Å²) < 4.78 is 14.8. The van der Waals surface area contributed by atoms with Crippen molar-refractivity contribution in [3.8, 4) is 0 Å². The van der Waals surface area contributed by atoms with Crippen LogP contribution in [0.5, 0.6) is 0 Å². The number of hydrogen-bond donors (Lipinski definition) is 2. The van der Waals surface area contributed by atoms with Crippen LogP contribution in [0.1, 0.15) is 32.8 Å². The van der Waals surface area contributed by atoms with Crippen LogP contribution in [0, 0.1) is 5.92 Å². The molecular weight excluding hydrogens is 364 g/mol. The molecule has 0 fully saturated rings. The zero-order valence-corrected chi connectivity index (χ0v) is 16.7. The predicted molar refractivity (Wildman–Crippen MR) is 103 cm³/mol. The van der Waals surface area contributed by atoms with Gasteiger partial charge in [-0.05, 0) is 24.8 Å². The highest BCUT2D eigenvalue weighted by Crippen LogP contribution is 2.07. The van der Waals surface area contributed by atoms with Crippen LogP contribution in [0.15, 0.2) is 42.2 Å². The SMILES string of the molecule is CCOC(=O)[C@H](CC(C)C)N/C=C(/NC(=O)OCc1ccccc1)C(=O)OC. The Hall–Kier alpha value is -3.03. The van der Waals surface area contributed by atoms with Gasteiger partial charge < -0.3 is 19.5 Å². The van der Waals surface area contributed by atoms with Crippen LogP contribution in [0.4, 0.5) is 4.79 Å². The molecule has 0 bridgehead atoms. The maximum absolute atomic E-state index is 12.1. The van der Waals surface area contributed by atoms with Crippen LogP contribution >= 0.6 is 0 Å². The molecule has 8 heteroatoms. The standard InChI is InChI=1S/C20H28N2O6/c1-5-27-19(24)16(11-14(2)3)21-12-17(18(23)26-4)22-20(25)28-13-15-9-7-6-8-10-15/h6-10,12,14,16,21H,5,11,13H2,1-4H3,(H,22,25)/b17-12+/t16-/m0/s1. The molecule has 1 rings (SSSR count). The Labute approximate surface area is 165 Å². The van der Waals surface area contributed by atoms with Gasteiger partial charge in [-0.3, -0.25) is 5.32 Å². The molecule has 0 spiro atoms. The number of methoxy groups -OCH3 is 1. The normalized spacial score (nSPS) is 12.1. The number of carbonyl (C=O) groups is 3. The molecule has 28 heavy (non-hydrogen) atoms. The van der Waals surface area contributed by atoms with Gasteiger partial charge >= 0.3 is 18.0 Å². The van der Waals surface area contributed by atoms with Crippen molar-refractivity contribution >= 4 is 18.0 Å². The van der Waals surface area contributed by atoms with Crippen LogP contribution in [-0.2, 0) is 30.4 Å². The molecule has 8 nitrogen and oxygen atoms in total. The summed E-state index contributed by atoms with van der Waals surface area (Å²) in [6.45, 7) is 5.92. The summed E-state index contributed by atoms with van der Waals surface area (Å²) in [6.07, 6.45) is 0.890. The number of benzene rings is 1. The monoisotopic (exact) mass is 392 g/mol. The Morgan fingerprint density at radius 3 is 2.36 bits per heavy atom. The van der Waals surface area contributed by atoms with Gasteiger partial charge in [0.1, 0.15) is 18.3 Å². The molecule has 0 radical (unpaired) electrons. The van der Waals surface area contributed by atoms with Crippen molar-refractivity contribution in [2.75, 3.05) is 13.7 Å². The van der Waals surface area contributed by atoms with E-state index in [9.17, 15) is 14.4 Å². The first kappa shape index (κ1) is 23.0. The van der Waals surface area contributed by atoms with Crippen molar-refractivity contribution in [1.82, 2.24) is 10.6 Å². The van der Waals surface area contributed by atoms with Gasteiger partial charge in [0, 0.05) is 6.20 Å². The number of carbonyl (C=O) groups excluding carboxylic acids is 3. The van der Waals surface area contributed by atoms with Crippen LogP contribution in [-0.4, -0.2) is 37.8 Å². The van der Waals surface area contributed by atoms with Crippen LogP contribution in [0.2, 0.25) is 0 Å². The molecule has 0 saturated carbocycles. The summed E-state index contributed by atoms with van der Waals surface area (Å²) in [5.74, 6) is -1.01. The third kappa shape index (κ3) is 8.57. The van der Waals surface area contributed by atoms with Gasteiger partial charge in [-0.2, -0.15) is 0 Å². The summed E-state index contributed by atoms with van der Waals surface area (Å²) in [6, 6.07) is 8.45. The van der Waals surface area contributed by atoms with Gasteiger partial charge in [-0.25, -0.2) is 14.4 Å². The molecule has 1 aromatic rings. The number of alkyl carbamates (subject to hydrolysis) is 1. The number of rotatable bonds is 10. The smallest absolute Gasteiger partial charge is 0.412 e. The zero-order chi connectivity index (χ0) is 20.9. The highest BCUT2D eigenvalue weighted by molar-refractivity contribution is 5.92. The lowest BCUT2D eigenvalue weighted by molar-refractivity contribution is -0.146. The minimum absolute atomic E-state index is 0.0490. The molecule has 2 N–H and O–H groups in total. The maximum Gasteiger partial charge on any atom is 0.412 e. The van der Waals surface area contributed by atoms with Gasteiger partial charge in [0.25, 0.3) is 0 Å². The fourth-order valence-corrected chi connectivity index (χ4v) is 2.26. The number of nitrogens with one attached hydrogen (secondary N) is 2. The van der Waals surface area contributed by atoms with E-state index in [0.717, 1.165) is 5.56 Å². The van der Waals surface area contributed by atoms with Crippen molar-refractivity contribution < 1.29 is 28.6 Å². The van der Waals surface area contributed by atoms with Crippen LogP contribution < -0.4 is 10.6 Å². The van der Waals surface area contributed by atoms with E-state index in [2.05, 4.69) is 15.4 Å². The second-order valence-electron chi connectivity index (χ2n) is 6.34. The maximum atomic E-state index is 12.1. The third-order valence-corrected chi connectivity index (χ3v) is 3.56. The fourth-order valence-electron chi connectivity index (χ4n) is 2.26. The van der Waals surface area contributed by atoms with E-state index in [4.69, 9.17) is 9.47 Å². The van der Waals surface area contributed by atoms with Crippen LogP contribution in [0.3, 0.4) is 0 Å².